The third-order valence-electron chi connectivity index (χ3n) is 4.13. The van der Waals surface area contributed by atoms with Crippen LogP contribution in [0.1, 0.15) is 19.3 Å². The fraction of sp³-hybridized carbons (Fsp3) is 0.467. The Labute approximate surface area is 131 Å². The standard InChI is InChI=1S/C15H17N3O3S/c1-17-8-9-22-15(17)16-12(19)6-7-18-13(20)10-4-2-3-5-11(10)14(18)21/h2-3,8-11H,4-7H2,1H3/t10-,11-/m1/s1. The molecule has 1 aromatic heterocycles. The number of aryl methyl sites for hydroxylation is 1. The van der Waals surface area contributed by atoms with E-state index in [9.17, 15) is 14.4 Å². The van der Waals surface area contributed by atoms with E-state index < -0.39 is 0 Å². The van der Waals surface area contributed by atoms with Gasteiger partial charge in [0.25, 0.3) is 0 Å². The zero-order valence-electron chi connectivity index (χ0n) is 12.3. The van der Waals surface area contributed by atoms with Gasteiger partial charge in [-0.25, -0.2) is 0 Å². The molecule has 1 aliphatic heterocycles. The predicted molar refractivity (Wildman–Crippen MR) is 80.6 cm³/mol. The molecule has 22 heavy (non-hydrogen) atoms. The third kappa shape index (κ3) is 2.68. The van der Waals surface area contributed by atoms with Crippen molar-refractivity contribution >= 4 is 29.1 Å². The first-order valence-corrected chi connectivity index (χ1v) is 8.14. The number of nitrogens with zero attached hydrogens (tertiary/aromatic N) is 3. The van der Waals surface area contributed by atoms with Crippen molar-refractivity contribution in [2.24, 2.45) is 23.9 Å². The van der Waals surface area contributed by atoms with E-state index in [-0.39, 0.29) is 42.5 Å². The van der Waals surface area contributed by atoms with Crippen LogP contribution in [0.5, 0.6) is 0 Å². The van der Waals surface area contributed by atoms with Crippen LogP contribution in [0.15, 0.2) is 28.7 Å². The average Bonchev–Trinajstić information content (AvgIpc) is 3.01. The van der Waals surface area contributed by atoms with E-state index in [1.54, 1.807) is 4.57 Å². The second-order valence-corrected chi connectivity index (χ2v) is 6.41. The highest BCUT2D eigenvalue weighted by molar-refractivity contribution is 7.07. The maximum atomic E-state index is 12.3. The summed E-state index contributed by atoms with van der Waals surface area (Å²) in [4.78, 5) is 42.3. The third-order valence-corrected chi connectivity index (χ3v) is 4.98. The lowest BCUT2D eigenvalue weighted by Crippen LogP contribution is -2.33. The van der Waals surface area contributed by atoms with Gasteiger partial charge >= 0.3 is 0 Å². The summed E-state index contributed by atoms with van der Waals surface area (Å²) in [5.74, 6) is -1.08. The molecule has 1 saturated heterocycles. The van der Waals surface area contributed by atoms with E-state index in [1.165, 1.54) is 16.2 Å². The number of rotatable bonds is 3. The number of aromatic nitrogens is 1. The molecule has 2 aliphatic rings. The molecule has 0 bridgehead atoms. The van der Waals surface area contributed by atoms with Crippen molar-refractivity contribution in [2.45, 2.75) is 19.3 Å². The van der Waals surface area contributed by atoms with Crippen molar-refractivity contribution in [3.05, 3.63) is 28.5 Å². The molecule has 0 radical (unpaired) electrons. The Bertz CT molecular complexity index is 690. The Balaban J connectivity index is 1.65. The van der Waals surface area contributed by atoms with Crippen LogP contribution in [0.4, 0.5) is 0 Å². The Morgan fingerprint density at radius 2 is 1.91 bits per heavy atom. The van der Waals surface area contributed by atoms with E-state index in [4.69, 9.17) is 0 Å². The lowest BCUT2D eigenvalue weighted by molar-refractivity contribution is -0.140. The molecular weight excluding hydrogens is 302 g/mol. The van der Waals surface area contributed by atoms with Crippen LogP contribution in [0.2, 0.25) is 0 Å². The number of fused-ring (bicyclic) bond motifs is 1. The van der Waals surface area contributed by atoms with Gasteiger partial charge in [0.15, 0.2) is 4.80 Å². The first-order valence-electron chi connectivity index (χ1n) is 7.26. The maximum Gasteiger partial charge on any atom is 0.250 e. The highest BCUT2D eigenvalue weighted by Crippen LogP contribution is 2.34. The van der Waals surface area contributed by atoms with Crippen molar-refractivity contribution in [3.63, 3.8) is 0 Å². The maximum absolute atomic E-state index is 12.3. The van der Waals surface area contributed by atoms with Gasteiger partial charge in [0, 0.05) is 31.6 Å². The summed E-state index contributed by atoms with van der Waals surface area (Å²) in [5.41, 5.74) is 0. The van der Waals surface area contributed by atoms with Gasteiger partial charge in [-0.15, -0.1) is 11.3 Å². The monoisotopic (exact) mass is 319 g/mol. The van der Waals surface area contributed by atoms with E-state index in [2.05, 4.69) is 4.99 Å². The number of allylic oxidation sites excluding steroid dienone is 2. The van der Waals surface area contributed by atoms with Crippen molar-refractivity contribution in [1.29, 1.82) is 0 Å². The summed E-state index contributed by atoms with van der Waals surface area (Å²) in [7, 11) is 1.81. The van der Waals surface area contributed by atoms with Crippen LogP contribution in [0.3, 0.4) is 0 Å². The molecule has 0 saturated carbocycles. The lowest BCUT2D eigenvalue weighted by atomic mass is 9.85. The highest BCUT2D eigenvalue weighted by atomic mass is 32.1. The summed E-state index contributed by atoms with van der Waals surface area (Å²) in [6.45, 7) is 0.127. The fourth-order valence-electron chi connectivity index (χ4n) is 2.89. The fourth-order valence-corrected chi connectivity index (χ4v) is 3.64. The van der Waals surface area contributed by atoms with E-state index in [0.717, 1.165) is 0 Å². The van der Waals surface area contributed by atoms with Crippen LogP contribution < -0.4 is 4.80 Å². The topological polar surface area (TPSA) is 71.7 Å². The average molecular weight is 319 g/mol. The predicted octanol–water partition coefficient (Wildman–Crippen LogP) is 0.855. The van der Waals surface area contributed by atoms with Gasteiger partial charge in [0.05, 0.1) is 11.8 Å². The van der Waals surface area contributed by atoms with Gasteiger partial charge in [-0.1, -0.05) is 12.2 Å². The summed E-state index contributed by atoms with van der Waals surface area (Å²) < 4.78 is 1.76. The molecule has 0 spiro atoms. The van der Waals surface area contributed by atoms with Crippen molar-refractivity contribution in [1.82, 2.24) is 9.47 Å². The molecule has 3 rings (SSSR count). The second kappa shape index (κ2) is 6.00. The number of imide groups is 1. The smallest absolute Gasteiger partial charge is 0.250 e. The Hall–Kier alpha value is -2.02. The zero-order valence-corrected chi connectivity index (χ0v) is 13.1. The van der Waals surface area contributed by atoms with Gasteiger partial charge in [0.1, 0.15) is 0 Å². The van der Waals surface area contributed by atoms with Crippen LogP contribution in [0, 0.1) is 11.8 Å². The number of hydrogen-bond donors (Lipinski definition) is 0. The summed E-state index contributed by atoms with van der Waals surface area (Å²) in [6, 6.07) is 0. The lowest BCUT2D eigenvalue weighted by Gasteiger charge is -2.14. The molecule has 2 heterocycles. The summed E-state index contributed by atoms with van der Waals surface area (Å²) in [5, 5.41) is 1.84. The molecule has 116 valence electrons. The zero-order chi connectivity index (χ0) is 15.7. The number of carbonyl (C=O) groups excluding carboxylic acids is 3. The molecule has 0 N–H and O–H groups in total. The van der Waals surface area contributed by atoms with Gasteiger partial charge in [-0.2, -0.15) is 4.99 Å². The van der Waals surface area contributed by atoms with Gasteiger partial charge in [-0.05, 0) is 12.8 Å². The van der Waals surface area contributed by atoms with E-state index >= 15 is 0 Å². The molecule has 1 aromatic rings. The highest BCUT2D eigenvalue weighted by Gasteiger charge is 2.46. The number of carbonyl (C=O) groups is 3. The number of likely N-dealkylation sites (tertiary alicyclic amines) is 1. The normalized spacial score (nSPS) is 25.0. The minimum atomic E-state index is -0.313. The largest absolute Gasteiger partial charge is 0.327 e. The van der Waals surface area contributed by atoms with Crippen LogP contribution in [0.25, 0.3) is 0 Å². The number of amides is 3. The first kappa shape index (κ1) is 14.9. The SMILES string of the molecule is Cn1ccsc1=NC(=O)CCN1C(=O)[C@@H]2CC=CC[C@H]2C1=O. The Morgan fingerprint density at radius 3 is 2.45 bits per heavy atom. The van der Waals surface area contributed by atoms with Crippen molar-refractivity contribution in [3.8, 4) is 0 Å². The quantitative estimate of drug-likeness (QED) is 0.613. The van der Waals surface area contributed by atoms with Gasteiger partial charge in [-0.3, -0.25) is 19.3 Å². The summed E-state index contributed by atoms with van der Waals surface area (Å²) >= 11 is 1.37. The van der Waals surface area contributed by atoms with Crippen LogP contribution in [-0.2, 0) is 21.4 Å². The van der Waals surface area contributed by atoms with E-state index in [1.807, 2.05) is 30.8 Å². The van der Waals surface area contributed by atoms with Gasteiger partial charge in [0.2, 0.25) is 17.7 Å². The van der Waals surface area contributed by atoms with Crippen molar-refractivity contribution in [2.75, 3.05) is 6.54 Å². The van der Waals surface area contributed by atoms with Crippen molar-refractivity contribution < 1.29 is 14.4 Å². The number of thiazole rings is 1. The van der Waals surface area contributed by atoms with Gasteiger partial charge < -0.3 is 4.57 Å². The minimum absolute atomic E-state index is 0.0717. The summed E-state index contributed by atoms with van der Waals surface area (Å²) in [6.07, 6.45) is 7.04. The molecular formula is C15H17N3O3S. The molecule has 1 fully saturated rings. The van der Waals surface area contributed by atoms with E-state index in [0.29, 0.717) is 17.6 Å². The number of hydrogen-bond acceptors (Lipinski definition) is 4. The second-order valence-electron chi connectivity index (χ2n) is 5.54. The Morgan fingerprint density at radius 1 is 1.27 bits per heavy atom. The Kier molecular flexibility index (Phi) is 4.06. The molecule has 0 aromatic carbocycles. The van der Waals surface area contributed by atoms with Crippen LogP contribution >= 0.6 is 11.3 Å². The molecule has 2 atom stereocenters. The molecule has 1 aliphatic carbocycles. The molecule has 3 amide bonds. The minimum Gasteiger partial charge on any atom is -0.327 e. The molecule has 6 nitrogen and oxygen atoms in total. The first-order chi connectivity index (χ1) is 10.6. The van der Waals surface area contributed by atoms with Crippen LogP contribution in [-0.4, -0.2) is 33.7 Å². The molecule has 0 unspecified atom stereocenters. The molecule has 7 heteroatoms.